The fourth-order valence-corrected chi connectivity index (χ4v) is 5.28. The van der Waals surface area contributed by atoms with Gasteiger partial charge in [0, 0.05) is 38.4 Å². The van der Waals surface area contributed by atoms with Crippen LogP contribution >= 0.6 is 0 Å². The van der Waals surface area contributed by atoms with Gasteiger partial charge in [-0.25, -0.2) is 4.79 Å². The van der Waals surface area contributed by atoms with Crippen LogP contribution < -0.4 is 0 Å². The molecule has 0 aromatic carbocycles. The molecule has 0 N–H and O–H groups in total. The molecular weight excluding hydrogens is 314 g/mol. The first-order valence-electron chi connectivity index (χ1n) is 9.89. The number of hydrogen-bond acceptors (Lipinski definition) is 4. The van der Waals surface area contributed by atoms with E-state index in [4.69, 9.17) is 4.74 Å². The first-order chi connectivity index (χ1) is 12.2. The summed E-state index contributed by atoms with van der Waals surface area (Å²) in [5.41, 5.74) is 3.30. The SMILES string of the molecule is COC(=O)c1cc2c(n1C)CN(C[C@@H]1CCCN3CCCC[C@H]13)CC2. The first kappa shape index (κ1) is 17.1. The molecule has 4 heterocycles. The maximum Gasteiger partial charge on any atom is 0.354 e. The summed E-state index contributed by atoms with van der Waals surface area (Å²) in [4.78, 5) is 17.3. The molecule has 2 atom stereocenters. The van der Waals surface area contributed by atoms with Crippen molar-refractivity contribution >= 4 is 5.97 Å². The minimum atomic E-state index is -0.228. The highest BCUT2D eigenvalue weighted by Crippen LogP contribution is 2.32. The van der Waals surface area contributed by atoms with Gasteiger partial charge in [0.05, 0.1) is 7.11 Å². The van der Waals surface area contributed by atoms with Crippen LogP contribution in [0.25, 0.3) is 0 Å². The van der Waals surface area contributed by atoms with Gasteiger partial charge in [-0.2, -0.15) is 0 Å². The summed E-state index contributed by atoms with van der Waals surface area (Å²) in [6.07, 6.45) is 7.96. The summed E-state index contributed by atoms with van der Waals surface area (Å²) in [6.45, 7) is 5.91. The number of piperidine rings is 2. The Hall–Kier alpha value is -1.33. The summed E-state index contributed by atoms with van der Waals surface area (Å²) < 4.78 is 6.97. The van der Waals surface area contributed by atoms with Crippen molar-refractivity contribution in [1.82, 2.24) is 14.4 Å². The minimum absolute atomic E-state index is 0.228. The van der Waals surface area contributed by atoms with Crippen LogP contribution in [0.1, 0.15) is 53.8 Å². The topological polar surface area (TPSA) is 37.7 Å². The molecular formula is C20H31N3O2. The van der Waals surface area contributed by atoms with Gasteiger partial charge in [0.1, 0.15) is 5.69 Å². The van der Waals surface area contributed by atoms with Gasteiger partial charge in [0.15, 0.2) is 0 Å². The molecule has 0 saturated carbocycles. The van der Waals surface area contributed by atoms with E-state index in [1.807, 2.05) is 17.7 Å². The lowest BCUT2D eigenvalue weighted by Gasteiger charge is -2.46. The van der Waals surface area contributed by atoms with E-state index in [1.165, 1.54) is 70.1 Å². The Labute approximate surface area is 150 Å². The standard InChI is InChI=1S/C20H31N3O2/c1-21-18(20(24)25-2)12-15-8-11-22(14-19(15)21)13-16-6-5-10-23-9-4-3-7-17(16)23/h12,16-17H,3-11,13-14H2,1-2H3/t16-,17+/m0/s1. The van der Waals surface area contributed by atoms with Gasteiger partial charge >= 0.3 is 5.97 Å². The van der Waals surface area contributed by atoms with Crippen LogP contribution in [-0.4, -0.2) is 59.7 Å². The summed E-state index contributed by atoms with van der Waals surface area (Å²) >= 11 is 0. The summed E-state index contributed by atoms with van der Waals surface area (Å²) in [6, 6.07) is 2.84. The van der Waals surface area contributed by atoms with Crippen molar-refractivity contribution in [2.24, 2.45) is 13.0 Å². The molecule has 2 saturated heterocycles. The number of rotatable bonds is 3. The second-order valence-corrected chi connectivity index (χ2v) is 8.04. The second-order valence-electron chi connectivity index (χ2n) is 8.04. The largest absolute Gasteiger partial charge is 0.464 e. The van der Waals surface area contributed by atoms with E-state index in [1.54, 1.807) is 0 Å². The first-order valence-corrected chi connectivity index (χ1v) is 9.89. The number of nitrogens with zero attached hydrogens (tertiary/aromatic N) is 3. The normalized spacial score (nSPS) is 27.6. The minimum Gasteiger partial charge on any atom is -0.464 e. The van der Waals surface area contributed by atoms with Crippen molar-refractivity contribution in [3.63, 3.8) is 0 Å². The molecule has 5 nitrogen and oxygen atoms in total. The third-order valence-electron chi connectivity index (χ3n) is 6.63. The Bertz CT molecular complexity index is 637. The van der Waals surface area contributed by atoms with Gasteiger partial charge in [-0.15, -0.1) is 0 Å². The maximum absolute atomic E-state index is 11.9. The number of carbonyl (C=O) groups excluding carboxylic acids is 1. The lowest BCUT2D eigenvalue weighted by molar-refractivity contribution is 0.0375. The van der Waals surface area contributed by atoms with E-state index >= 15 is 0 Å². The zero-order chi connectivity index (χ0) is 17.4. The summed E-state index contributed by atoms with van der Waals surface area (Å²) in [5.74, 6) is 0.588. The maximum atomic E-state index is 11.9. The molecule has 5 heteroatoms. The summed E-state index contributed by atoms with van der Waals surface area (Å²) in [7, 11) is 3.46. The van der Waals surface area contributed by atoms with Crippen molar-refractivity contribution in [3.8, 4) is 0 Å². The van der Waals surface area contributed by atoms with E-state index in [2.05, 4.69) is 9.80 Å². The molecule has 0 radical (unpaired) electrons. The van der Waals surface area contributed by atoms with Crippen LogP contribution in [0.3, 0.4) is 0 Å². The molecule has 2 fully saturated rings. The molecule has 0 spiro atoms. The average molecular weight is 345 g/mol. The molecule has 4 rings (SSSR count). The lowest BCUT2D eigenvalue weighted by Crippen LogP contribution is -2.51. The predicted molar refractivity (Wildman–Crippen MR) is 97.7 cm³/mol. The number of aromatic nitrogens is 1. The Kier molecular flexibility index (Phi) is 4.87. The van der Waals surface area contributed by atoms with E-state index in [-0.39, 0.29) is 5.97 Å². The van der Waals surface area contributed by atoms with Crippen molar-refractivity contribution in [2.75, 3.05) is 33.3 Å². The zero-order valence-electron chi connectivity index (χ0n) is 15.7. The quantitative estimate of drug-likeness (QED) is 0.789. The number of esters is 1. The van der Waals surface area contributed by atoms with Gasteiger partial charge in [-0.3, -0.25) is 4.90 Å². The molecule has 0 bridgehead atoms. The third-order valence-corrected chi connectivity index (χ3v) is 6.63. The molecule has 0 aliphatic carbocycles. The average Bonchev–Trinajstić information content (AvgIpc) is 2.98. The molecule has 138 valence electrons. The number of methoxy groups -OCH3 is 1. The fourth-order valence-electron chi connectivity index (χ4n) is 5.28. The van der Waals surface area contributed by atoms with Gasteiger partial charge in [0.2, 0.25) is 0 Å². The van der Waals surface area contributed by atoms with Gasteiger partial charge in [0.25, 0.3) is 0 Å². The van der Waals surface area contributed by atoms with Crippen LogP contribution in [0.15, 0.2) is 6.07 Å². The van der Waals surface area contributed by atoms with Crippen LogP contribution in [-0.2, 0) is 24.8 Å². The predicted octanol–water partition coefficient (Wildman–Crippen LogP) is 2.43. The van der Waals surface area contributed by atoms with Crippen molar-refractivity contribution in [2.45, 2.75) is 51.1 Å². The van der Waals surface area contributed by atoms with Crippen LogP contribution in [0.4, 0.5) is 0 Å². The van der Waals surface area contributed by atoms with E-state index < -0.39 is 0 Å². The van der Waals surface area contributed by atoms with Crippen molar-refractivity contribution < 1.29 is 9.53 Å². The van der Waals surface area contributed by atoms with E-state index in [9.17, 15) is 4.79 Å². The Morgan fingerprint density at radius 1 is 1.20 bits per heavy atom. The highest BCUT2D eigenvalue weighted by molar-refractivity contribution is 5.88. The smallest absolute Gasteiger partial charge is 0.354 e. The van der Waals surface area contributed by atoms with Gasteiger partial charge in [-0.05, 0) is 62.7 Å². The molecule has 0 amide bonds. The molecule has 1 aromatic heterocycles. The molecule has 1 aromatic rings. The Morgan fingerprint density at radius 2 is 2.04 bits per heavy atom. The molecule has 3 aliphatic heterocycles. The van der Waals surface area contributed by atoms with Crippen molar-refractivity contribution in [1.29, 1.82) is 0 Å². The number of carbonyl (C=O) groups is 1. The van der Waals surface area contributed by atoms with E-state index in [0.29, 0.717) is 5.69 Å². The van der Waals surface area contributed by atoms with Crippen LogP contribution in [0.5, 0.6) is 0 Å². The fraction of sp³-hybridized carbons (Fsp3) is 0.750. The highest BCUT2D eigenvalue weighted by Gasteiger charge is 2.34. The van der Waals surface area contributed by atoms with Crippen molar-refractivity contribution in [3.05, 3.63) is 23.0 Å². The molecule has 25 heavy (non-hydrogen) atoms. The zero-order valence-corrected chi connectivity index (χ0v) is 15.7. The Morgan fingerprint density at radius 3 is 2.88 bits per heavy atom. The number of fused-ring (bicyclic) bond motifs is 2. The second kappa shape index (κ2) is 7.12. The highest BCUT2D eigenvalue weighted by atomic mass is 16.5. The molecule has 3 aliphatic rings. The number of ether oxygens (including phenoxy) is 1. The van der Waals surface area contributed by atoms with E-state index in [0.717, 1.165) is 31.5 Å². The van der Waals surface area contributed by atoms with Gasteiger partial charge < -0.3 is 14.2 Å². The van der Waals surface area contributed by atoms with Crippen LogP contribution in [0, 0.1) is 5.92 Å². The third kappa shape index (κ3) is 3.24. The number of hydrogen-bond donors (Lipinski definition) is 0. The lowest BCUT2D eigenvalue weighted by atomic mass is 9.83. The molecule has 0 unspecified atom stereocenters. The monoisotopic (exact) mass is 345 g/mol. The Balaban J connectivity index is 1.45. The van der Waals surface area contributed by atoms with Gasteiger partial charge in [-0.1, -0.05) is 6.42 Å². The summed E-state index contributed by atoms with van der Waals surface area (Å²) in [5, 5.41) is 0. The van der Waals surface area contributed by atoms with Crippen LogP contribution in [0.2, 0.25) is 0 Å².